The van der Waals surface area contributed by atoms with Crippen molar-refractivity contribution in [3.8, 4) is 11.3 Å². The molecule has 1 N–H and O–H groups in total. The number of aromatic nitrogens is 2. The lowest BCUT2D eigenvalue weighted by Crippen LogP contribution is -2.14. The number of hydrogen-bond acceptors (Lipinski definition) is 4. The van der Waals surface area contributed by atoms with Crippen molar-refractivity contribution in [3.05, 3.63) is 64.3 Å². The number of alkyl halides is 6. The molecule has 1 aromatic carbocycles. The molecule has 0 spiro atoms. The van der Waals surface area contributed by atoms with Gasteiger partial charge in [0.2, 0.25) is 0 Å². The van der Waals surface area contributed by atoms with Crippen LogP contribution in [0.2, 0.25) is 0 Å². The van der Waals surface area contributed by atoms with E-state index in [9.17, 15) is 31.1 Å². The molecule has 0 saturated heterocycles. The molecule has 4 rings (SSSR count). The van der Waals surface area contributed by atoms with Crippen molar-refractivity contribution >= 4 is 23.1 Å². The normalized spacial score (nSPS) is 14.5. The number of nitrogens with zero attached hydrogens (tertiary/aromatic N) is 2. The van der Waals surface area contributed by atoms with Crippen LogP contribution in [0.4, 0.5) is 32.0 Å². The van der Waals surface area contributed by atoms with Crippen LogP contribution in [-0.4, -0.2) is 15.3 Å². The van der Waals surface area contributed by atoms with Gasteiger partial charge in [-0.2, -0.15) is 30.7 Å². The van der Waals surface area contributed by atoms with Crippen molar-refractivity contribution in [1.29, 1.82) is 0 Å². The summed E-state index contributed by atoms with van der Waals surface area (Å²) < 4.78 is 82.0. The molecule has 1 aliphatic rings. The van der Waals surface area contributed by atoms with Crippen LogP contribution in [-0.2, 0) is 12.4 Å². The van der Waals surface area contributed by atoms with Gasteiger partial charge in [-0.1, -0.05) is 12.1 Å². The van der Waals surface area contributed by atoms with Crippen molar-refractivity contribution in [1.82, 2.24) is 9.36 Å². The van der Waals surface area contributed by atoms with Crippen LogP contribution in [0.3, 0.4) is 0 Å². The Bertz CT molecular complexity index is 1130. The average molecular weight is 457 g/mol. The zero-order valence-electron chi connectivity index (χ0n) is 15.5. The van der Waals surface area contributed by atoms with E-state index < -0.39 is 29.5 Å². The number of anilines is 1. The molecule has 0 radical (unpaired) electrons. The van der Waals surface area contributed by atoms with Crippen molar-refractivity contribution < 1.29 is 31.1 Å². The second-order valence-corrected chi connectivity index (χ2v) is 7.78. The molecule has 4 nitrogen and oxygen atoms in total. The quantitative estimate of drug-likeness (QED) is 0.463. The first-order valence-corrected chi connectivity index (χ1v) is 9.83. The van der Waals surface area contributed by atoms with Crippen LogP contribution in [0.5, 0.6) is 0 Å². The van der Waals surface area contributed by atoms with E-state index in [1.54, 1.807) is 0 Å². The van der Waals surface area contributed by atoms with Crippen LogP contribution in [0.25, 0.3) is 11.3 Å². The molecule has 0 bridgehead atoms. The Morgan fingerprint density at radius 1 is 1.03 bits per heavy atom. The summed E-state index contributed by atoms with van der Waals surface area (Å²) >= 11 is 0.809. The molecule has 1 aliphatic carbocycles. The summed E-state index contributed by atoms with van der Waals surface area (Å²) in [6.45, 7) is 0. The fourth-order valence-corrected chi connectivity index (χ4v) is 4.00. The van der Waals surface area contributed by atoms with Gasteiger partial charge in [0.25, 0.3) is 5.91 Å². The van der Waals surface area contributed by atoms with E-state index in [4.69, 9.17) is 0 Å². The third kappa shape index (κ3) is 4.55. The Balaban J connectivity index is 1.67. The van der Waals surface area contributed by atoms with E-state index in [1.807, 2.05) is 0 Å². The minimum absolute atomic E-state index is 0.0350. The molecule has 1 fully saturated rings. The Morgan fingerprint density at radius 3 is 2.42 bits per heavy atom. The highest BCUT2D eigenvalue weighted by Crippen LogP contribution is 2.47. The molecular weight excluding hydrogens is 444 g/mol. The minimum atomic E-state index is -4.67. The maximum atomic E-state index is 13.1. The van der Waals surface area contributed by atoms with Crippen LogP contribution < -0.4 is 5.32 Å². The van der Waals surface area contributed by atoms with Gasteiger partial charge in [0.05, 0.1) is 11.3 Å². The molecular formula is C20H13F6N3OS. The molecule has 0 aliphatic heterocycles. The predicted octanol–water partition coefficient (Wildman–Crippen LogP) is 6.37. The molecule has 0 atom stereocenters. The van der Waals surface area contributed by atoms with Gasteiger partial charge in [0.15, 0.2) is 0 Å². The highest BCUT2D eigenvalue weighted by atomic mass is 32.1. The number of hydrogen-bond donors (Lipinski definition) is 1. The first-order valence-electron chi connectivity index (χ1n) is 9.06. The number of benzene rings is 1. The summed E-state index contributed by atoms with van der Waals surface area (Å²) in [6, 6.07) is 6.60. The number of rotatable bonds is 4. The lowest BCUT2D eigenvalue weighted by atomic mass is 10.0. The number of nitrogens with one attached hydrogen (secondary N) is 1. The lowest BCUT2D eigenvalue weighted by molar-refractivity contribution is -0.141. The standard InChI is InChI=1S/C20H13F6N3OS/c21-19(22,23)12-3-1-2-11(8-12)16-15(10-4-5-10)17(31-29-16)18(30)28-13-6-7-27-14(9-13)20(24,25)26/h1-3,6-10H,4-5H2,(H,27,28,30). The molecule has 2 aromatic heterocycles. The first kappa shape index (κ1) is 21.3. The second-order valence-electron chi connectivity index (χ2n) is 7.01. The highest BCUT2D eigenvalue weighted by molar-refractivity contribution is 7.08. The summed E-state index contributed by atoms with van der Waals surface area (Å²) in [4.78, 5) is 16.2. The zero-order valence-corrected chi connectivity index (χ0v) is 16.3. The monoisotopic (exact) mass is 457 g/mol. The third-order valence-electron chi connectivity index (χ3n) is 4.69. The summed E-state index contributed by atoms with van der Waals surface area (Å²) in [5, 5.41) is 2.41. The van der Waals surface area contributed by atoms with E-state index >= 15 is 0 Å². The molecule has 31 heavy (non-hydrogen) atoms. The van der Waals surface area contributed by atoms with Gasteiger partial charge in [-0.3, -0.25) is 9.78 Å². The maximum Gasteiger partial charge on any atom is 0.433 e. The van der Waals surface area contributed by atoms with Crippen LogP contribution in [0.15, 0.2) is 42.6 Å². The van der Waals surface area contributed by atoms with Crippen molar-refractivity contribution in [2.75, 3.05) is 5.32 Å². The molecule has 3 aromatic rings. The van der Waals surface area contributed by atoms with Gasteiger partial charge in [-0.05, 0) is 54.6 Å². The number of halogens is 6. The predicted molar refractivity (Wildman–Crippen MR) is 102 cm³/mol. The molecule has 0 unspecified atom stereocenters. The minimum Gasteiger partial charge on any atom is -0.321 e. The van der Waals surface area contributed by atoms with E-state index in [1.165, 1.54) is 18.2 Å². The van der Waals surface area contributed by atoms with E-state index in [0.29, 0.717) is 11.6 Å². The van der Waals surface area contributed by atoms with Gasteiger partial charge in [-0.25, -0.2) is 0 Å². The smallest absolute Gasteiger partial charge is 0.321 e. The molecule has 11 heteroatoms. The number of pyridine rings is 1. The van der Waals surface area contributed by atoms with E-state index in [2.05, 4.69) is 14.7 Å². The number of carbonyl (C=O) groups is 1. The van der Waals surface area contributed by atoms with Crippen LogP contribution in [0, 0.1) is 0 Å². The van der Waals surface area contributed by atoms with E-state index in [-0.39, 0.29) is 27.7 Å². The molecule has 1 saturated carbocycles. The fraction of sp³-hybridized carbons (Fsp3) is 0.250. The summed E-state index contributed by atoms with van der Waals surface area (Å²) in [5.41, 5.74) is -1.04. The fourth-order valence-electron chi connectivity index (χ4n) is 3.11. The van der Waals surface area contributed by atoms with Crippen LogP contribution in [0.1, 0.15) is 45.3 Å². The average Bonchev–Trinajstić information content (AvgIpc) is 3.44. The molecule has 162 valence electrons. The Kier molecular flexibility index (Phi) is 5.24. The van der Waals surface area contributed by atoms with Gasteiger partial charge in [-0.15, -0.1) is 0 Å². The number of amides is 1. The second kappa shape index (κ2) is 7.63. The maximum absolute atomic E-state index is 13.1. The van der Waals surface area contributed by atoms with Gasteiger partial charge in [0, 0.05) is 23.0 Å². The van der Waals surface area contributed by atoms with E-state index in [0.717, 1.165) is 42.7 Å². The zero-order chi connectivity index (χ0) is 22.4. The summed E-state index contributed by atoms with van der Waals surface area (Å²) in [5.74, 6) is -0.704. The summed E-state index contributed by atoms with van der Waals surface area (Å²) in [6.07, 6.45) is -6.76. The highest BCUT2D eigenvalue weighted by Gasteiger charge is 2.36. The lowest BCUT2D eigenvalue weighted by Gasteiger charge is -2.10. The molecule has 2 heterocycles. The molecule has 1 amide bonds. The van der Waals surface area contributed by atoms with Crippen molar-refractivity contribution in [2.45, 2.75) is 31.1 Å². The SMILES string of the molecule is O=C(Nc1ccnc(C(F)(F)F)c1)c1snc(-c2cccc(C(F)(F)F)c2)c1C1CC1. The third-order valence-corrected chi connectivity index (χ3v) is 5.55. The Morgan fingerprint density at radius 2 is 1.77 bits per heavy atom. The number of carbonyl (C=O) groups excluding carboxylic acids is 1. The van der Waals surface area contributed by atoms with Crippen molar-refractivity contribution in [3.63, 3.8) is 0 Å². The van der Waals surface area contributed by atoms with Gasteiger partial charge in [0.1, 0.15) is 10.6 Å². The van der Waals surface area contributed by atoms with Gasteiger partial charge < -0.3 is 5.32 Å². The van der Waals surface area contributed by atoms with Gasteiger partial charge >= 0.3 is 12.4 Å². The summed E-state index contributed by atoms with van der Waals surface area (Å²) in [7, 11) is 0. The topological polar surface area (TPSA) is 54.9 Å². The Hall–Kier alpha value is -2.95. The Labute approximate surface area is 176 Å². The first-order chi connectivity index (χ1) is 14.5. The largest absolute Gasteiger partial charge is 0.433 e. The van der Waals surface area contributed by atoms with Crippen molar-refractivity contribution in [2.24, 2.45) is 0 Å². The van der Waals surface area contributed by atoms with Crippen LogP contribution >= 0.6 is 11.5 Å².